The lowest BCUT2D eigenvalue weighted by Gasteiger charge is -2.23. The van der Waals surface area contributed by atoms with Crippen LogP contribution in [0.15, 0.2) is 12.1 Å². The molecule has 0 heterocycles. The minimum Gasteiger partial charge on any atom is -0.387 e. The van der Waals surface area contributed by atoms with Crippen LogP contribution in [-0.2, 0) is 0 Å². The van der Waals surface area contributed by atoms with E-state index in [1.54, 1.807) is 0 Å². The van der Waals surface area contributed by atoms with E-state index in [4.69, 9.17) is 0 Å². The number of hydrogen-bond acceptors (Lipinski definition) is 2. The maximum Gasteiger partial charge on any atom is 0.0921 e. The molecule has 2 rings (SSSR count). The molecule has 19 heavy (non-hydrogen) atoms. The van der Waals surface area contributed by atoms with Crippen molar-refractivity contribution in [3.8, 4) is 0 Å². The van der Waals surface area contributed by atoms with E-state index in [0.29, 0.717) is 0 Å². The zero-order valence-corrected chi connectivity index (χ0v) is 12.9. The summed E-state index contributed by atoms with van der Waals surface area (Å²) < 4.78 is 0. The van der Waals surface area contributed by atoms with Crippen LogP contribution in [0, 0.1) is 32.6 Å². The molecule has 1 aromatic rings. The number of rotatable bonds is 5. The van der Waals surface area contributed by atoms with Gasteiger partial charge in [-0.2, -0.15) is 0 Å². The second-order valence-corrected chi connectivity index (χ2v) is 6.52. The minimum absolute atomic E-state index is 0.375. The third-order valence-electron chi connectivity index (χ3n) is 4.38. The second-order valence-electron chi connectivity index (χ2n) is 6.52. The summed E-state index contributed by atoms with van der Waals surface area (Å²) in [6, 6.07) is 4.32. The SMILES string of the molecule is Cc1cc(C)c(C(O)CN(C)CC2CC2C)c(C)c1. The highest BCUT2D eigenvalue weighted by Gasteiger charge is 2.33. The Kier molecular flexibility index (Phi) is 4.32. The van der Waals surface area contributed by atoms with E-state index < -0.39 is 0 Å². The Bertz CT molecular complexity index is 432. The Morgan fingerprint density at radius 2 is 1.79 bits per heavy atom. The first-order valence-electron chi connectivity index (χ1n) is 7.32. The van der Waals surface area contributed by atoms with Crippen LogP contribution in [0.5, 0.6) is 0 Å². The van der Waals surface area contributed by atoms with E-state index in [-0.39, 0.29) is 6.10 Å². The highest BCUT2D eigenvalue weighted by Crippen LogP contribution is 2.38. The van der Waals surface area contributed by atoms with Gasteiger partial charge in [0.2, 0.25) is 0 Å². The highest BCUT2D eigenvalue weighted by molar-refractivity contribution is 5.39. The summed E-state index contributed by atoms with van der Waals surface area (Å²) in [7, 11) is 2.12. The smallest absolute Gasteiger partial charge is 0.0921 e. The first-order chi connectivity index (χ1) is 8.88. The van der Waals surface area contributed by atoms with E-state index in [1.807, 2.05) is 0 Å². The van der Waals surface area contributed by atoms with Gasteiger partial charge in [-0.15, -0.1) is 0 Å². The molecule has 0 radical (unpaired) electrons. The molecule has 1 aromatic carbocycles. The van der Waals surface area contributed by atoms with E-state index in [1.165, 1.54) is 23.1 Å². The number of nitrogens with zero attached hydrogens (tertiary/aromatic N) is 1. The Morgan fingerprint density at radius 3 is 2.26 bits per heavy atom. The van der Waals surface area contributed by atoms with E-state index in [2.05, 4.69) is 51.8 Å². The number of aliphatic hydroxyl groups excluding tert-OH is 1. The topological polar surface area (TPSA) is 23.5 Å². The van der Waals surface area contributed by atoms with Crippen LogP contribution in [0.3, 0.4) is 0 Å². The first kappa shape index (κ1) is 14.5. The van der Waals surface area contributed by atoms with E-state index in [0.717, 1.165) is 30.5 Å². The van der Waals surface area contributed by atoms with Gasteiger partial charge in [0.05, 0.1) is 6.10 Å². The summed E-state index contributed by atoms with van der Waals surface area (Å²) >= 11 is 0. The van der Waals surface area contributed by atoms with Gasteiger partial charge in [0, 0.05) is 13.1 Å². The fourth-order valence-electron chi connectivity index (χ4n) is 3.23. The van der Waals surface area contributed by atoms with Crippen molar-refractivity contribution in [3.63, 3.8) is 0 Å². The lowest BCUT2D eigenvalue weighted by atomic mass is 9.95. The fraction of sp³-hybridized carbons (Fsp3) is 0.647. The predicted molar refractivity (Wildman–Crippen MR) is 80.4 cm³/mol. The Labute approximate surface area is 117 Å². The van der Waals surface area contributed by atoms with Gasteiger partial charge in [0.15, 0.2) is 0 Å². The van der Waals surface area contributed by atoms with Crippen LogP contribution in [0.25, 0.3) is 0 Å². The molecule has 106 valence electrons. The predicted octanol–water partition coefficient (Wildman–Crippen LogP) is 3.23. The fourth-order valence-corrected chi connectivity index (χ4v) is 3.23. The van der Waals surface area contributed by atoms with Gasteiger partial charge in [-0.3, -0.25) is 0 Å². The summed E-state index contributed by atoms with van der Waals surface area (Å²) in [5.74, 6) is 1.72. The maximum atomic E-state index is 10.5. The van der Waals surface area contributed by atoms with Crippen molar-refractivity contribution in [2.45, 2.75) is 40.2 Å². The molecule has 0 aliphatic heterocycles. The quantitative estimate of drug-likeness (QED) is 0.879. The van der Waals surface area contributed by atoms with Crippen molar-refractivity contribution in [2.24, 2.45) is 11.8 Å². The molecule has 3 atom stereocenters. The lowest BCUT2D eigenvalue weighted by Crippen LogP contribution is -2.27. The zero-order valence-electron chi connectivity index (χ0n) is 12.9. The highest BCUT2D eigenvalue weighted by atomic mass is 16.3. The maximum absolute atomic E-state index is 10.5. The van der Waals surface area contributed by atoms with Crippen molar-refractivity contribution in [1.29, 1.82) is 0 Å². The molecule has 1 aliphatic carbocycles. The van der Waals surface area contributed by atoms with Gasteiger partial charge in [0.25, 0.3) is 0 Å². The molecule has 3 unspecified atom stereocenters. The van der Waals surface area contributed by atoms with Crippen LogP contribution < -0.4 is 0 Å². The molecule has 1 aliphatic rings. The third kappa shape index (κ3) is 3.58. The third-order valence-corrected chi connectivity index (χ3v) is 4.38. The van der Waals surface area contributed by atoms with Gasteiger partial charge >= 0.3 is 0 Å². The van der Waals surface area contributed by atoms with Crippen LogP contribution in [0.1, 0.15) is 41.7 Å². The number of benzene rings is 1. The van der Waals surface area contributed by atoms with Crippen molar-refractivity contribution in [1.82, 2.24) is 4.90 Å². The lowest BCUT2D eigenvalue weighted by molar-refractivity contribution is 0.123. The Hall–Kier alpha value is -0.860. The van der Waals surface area contributed by atoms with E-state index in [9.17, 15) is 5.11 Å². The average molecular weight is 261 g/mol. The number of aryl methyl sites for hydroxylation is 3. The zero-order chi connectivity index (χ0) is 14.2. The summed E-state index contributed by atoms with van der Waals surface area (Å²) in [6.07, 6.45) is 0.975. The van der Waals surface area contributed by atoms with Crippen LogP contribution >= 0.6 is 0 Å². The molecule has 0 aromatic heterocycles. The Morgan fingerprint density at radius 1 is 1.26 bits per heavy atom. The second kappa shape index (κ2) is 5.64. The number of aliphatic hydroxyl groups is 1. The molecule has 2 heteroatoms. The summed E-state index contributed by atoms with van der Waals surface area (Å²) in [5, 5.41) is 10.5. The molecule has 0 bridgehead atoms. The van der Waals surface area contributed by atoms with Crippen molar-refractivity contribution in [3.05, 3.63) is 34.4 Å². The molecular formula is C17H27NO. The van der Waals surface area contributed by atoms with Crippen molar-refractivity contribution >= 4 is 0 Å². The Balaban J connectivity index is 2.01. The first-order valence-corrected chi connectivity index (χ1v) is 7.32. The van der Waals surface area contributed by atoms with Gasteiger partial charge in [-0.05, 0) is 62.8 Å². The van der Waals surface area contributed by atoms with Crippen molar-refractivity contribution < 1.29 is 5.11 Å². The monoisotopic (exact) mass is 261 g/mol. The summed E-state index contributed by atoms with van der Waals surface area (Å²) in [5.41, 5.74) is 4.80. The molecule has 0 spiro atoms. The molecular weight excluding hydrogens is 234 g/mol. The van der Waals surface area contributed by atoms with Gasteiger partial charge in [-0.1, -0.05) is 24.6 Å². The number of hydrogen-bond donors (Lipinski definition) is 1. The van der Waals surface area contributed by atoms with Crippen LogP contribution in [0.2, 0.25) is 0 Å². The van der Waals surface area contributed by atoms with Gasteiger partial charge in [0.1, 0.15) is 0 Å². The molecule has 0 saturated heterocycles. The van der Waals surface area contributed by atoms with Crippen molar-refractivity contribution in [2.75, 3.05) is 20.1 Å². The minimum atomic E-state index is -0.375. The molecule has 0 amide bonds. The van der Waals surface area contributed by atoms with E-state index >= 15 is 0 Å². The standard InChI is InChI=1S/C17H27NO/c1-11-6-13(3)17(14(4)7-11)16(19)10-18(5)9-15-8-12(15)2/h6-7,12,15-16,19H,8-10H2,1-5H3. The van der Waals surface area contributed by atoms with Gasteiger partial charge < -0.3 is 10.0 Å². The molecule has 1 saturated carbocycles. The molecule has 1 fully saturated rings. The summed E-state index contributed by atoms with van der Waals surface area (Å²) in [4.78, 5) is 2.28. The normalized spacial score (nSPS) is 23.7. The molecule has 2 nitrogen and oxygen atoms in total. The molecule has 1 N–H and O–H groups in total. The van der Waals surface area contributed by atoms with Crippen LogP contribution in [-0.4, -0.2) is 30.1 Å². The average Bonchev–Trinajstić information content (AvgIpc) is 2.91. The summed E-state index contributed by atoms with van der Waals surface area (Å²) in [6.45, 7) is 10.5. The van der Waals surface area contributed by atoms with Crippen LogP contribution in [0.4, 0.5) is 0 Å². The number of likely N-dealkylation sites (N-methyl/N-ethyl adjacent to an activating group) is 1. The van der Waals surface area contributed by atoms with Gasteiger partial charge in [-0.25, -0.2) is 0 Å². The largest absolute Gasteiger partial charge is 0.387 e.